The van der Waals surface area contributed by atoms with Crippen molar-refractivity contribution in [3.05, 3.63) is 0 Å². The van der Waals surface area contributed by atoms with Crippen LogP contribution in [0.5, 0.6) is 0 Å². The topological polar surface area (TPSA) is 38.5 Å². The molecule has 1 rings (SSSR count). The van der Waals surface area contributed by atoms with Gasteiger partial charge in [0.05, 0.1) is 11.2 Å². The van der Waals surface area contributed by atoms with Gasteiger partial charge in [-0.25, -0.2) is 0 Å². The summed E-state index contributed by atoms with van der Waals surface area (Å²) in [5.41, 5.74) is 6.13. The number of rotatable bonds is 3. The second-order valence-corrected chi connectivity index (χ2v) is 6.20. The van der Waals surface area contributed by atoms with E-state index in [-0.39, 0.29) is 17.2 Å². The molecule has 0 amide bonds. The fourth-order valence-electron chi connectivity index (χ4n) is 2.82. The molecule has 0 aromatic carbocycles. The van der Waals surface area contributed by atoms with Gasteiger partial charge in [0.2, 0.25) is 0 Å². The van der Waals surface area contributed by atoms with Gasteiger partial charge in [0.1, 0.15) is 0 Å². The van der Waals surface area contributed by atoms with E-state index >= 15 is 0 Å². The first kappa shape index (κ1) is 12.9. The summed E-state index contributed by atoms with van der Waals surface area (Å²) in [6.45, 7) is 9.53. The first-order valence-electron chi connectivity index (χ1n) is 5.74. The van der Waals surface area contributed by atoms with E-state index in [1.807, 2.05) is 0 Å². The zero-order chi connectivity index (χ0) is 11.9. The third-order valence-corrected chi connectivity index (χ3v) is 3.24. The maximum Gasteiger partial charge on any atom is 0.0678 e. The van der Waals surface area contributed by atoms with E-state index < -0.39 is 0 Å². The second-order valence-electron chi connectivity index (χ2n) is 6.20. The standard InChI is InChI=1S/C12H26N2O/c1-11(2)7-9(12(3,4)15-11)10(13)8-14(5)6/h9-10H,7-8,13H2,1-6H3. The van der Waals surface area contributed by atoms with Crippen molar-refractivity contribution in [3.8, 4) is 0 Å². The largest absolute Gasteiger partial charge is 0.369 e. The molecule has 0 aromatic heterocycles. The zero-order valence-electron chi connectivity index (χ0n) is 11.0. The van der Waals surface area contributed by atoms with Gasteiger partial charge < -0.3 is 15.4 Å². The van der Waals surface area contributed by atoms with Crippen molar-refractivity contribution in [1.29, 1.82) is 0 Å². The summed E-state index contributed by atoms with van der Waals surface area (Å²) in [4.78, 5) is 2.14. The third-order valence-electron chi connectivity index (χ3n) is 3.24. The van der Waals surface area contributed by atoms with Crippen LogP contribution < -0.4 is 5.73 Å². The summed E-state index contributed by atoms with van der Waals surface area (Å²) in [5, 5.41) is 0. The van der Waals surface area contributed by atoms with Crippen molar-refractivity contribution in [2.75, 3.05) is 20.6 Å². The SMILES string of the molecule is CN(C)CC(N)C1CC(C)(C)OC1(C)C. The molecule has 0 aromatic rings. The van der Waals surface area contributed by atoms with Gasteiger partial charge in [-0.1, -0.05) is 0 Å². The van der Waals surface area contributed by atoms with Crippen LogP contribution in [0.1, 0.15) is 34.1 Å². The van der Waals surface area contributed by atoms with Gasteiger partial charge in [0.15, 0.2) is 0 Å². The predicted octanol–water partition coefficient (Wildman–Crippen LogP) is 1.47. The van der Waals surface area contributed by atoms with Crippen LogP contribution in [0, 0.1) is 5.92 Å². The lowest BCUT2D eigenvalue weighted by molar-refractivity contribution is -0.0770. The Morgan fingerprint density at radius 1 is 1.33 bits per heavy atom. The minimum Gasteiger partial charge on any atom is -0.369 e. The zero-order valence-corrected chi connectivity index (χ0v) is 11.0. The molecular weight excluding hydrogens is 188 g/mol. The van der Waals surface area contributed by atoms with E-state index in [4.69, 9.17) is 10.5 Å². The van der Waals surface area contributed by atoms with Gasteiger partial charge in [0, 0.05) is 18.5 Å². The summed E-state index contributed by atoms with van der Waals surface area (Å²) in [7, 11) is 4.13. The summed E-state index contributed by atoms with van der Waals surface area (Å²) >= 11 is 0. The molecule has 1 heterocycles. The number of hydrogen-bond acceptors (Lipinski definition) is 3. The Labute approximate surface area is 94.0 Å². The third kappa shape index (κ3) is 3.16. The Morgan fingerprint density at radius 3 is 2.20 bits per heavy atom. The van der Waals surface area contributed by atoms with Crippen molar-refractivity contribution in [1.82, 2.24) is 4.90 Å². The Hall–Kier alpha value is -0.120. The lowest BCUT2D eigenvalue weighted by Gasteiger charge is -2.32. The quantitative estimate of drug-likeness (QED) is 0.773. The molecule has 3 heteroatoms. The van der Waals surface area contributed by atoms with Gasteiger partial charge in [-0.15, -0.1) is 0 Å². The lowest BCUT2D eigenvalue weighted by atomic mass is 9.82. The van der Waals surface area contributed by atoms with E-state index in [1.165, 1.54) is 0 Å². The van der Waals surface area contributed by atoms with Crippen LogP contribution in [0.25, 0.3) is 0 Å². The monoisotopic (exact) mass is 214 g/mol. The fourth-order valence-corrected chi connectivity index (χ4v) is 2.82. The van der Waals surface area contributed by atoms with E-state index in [1.54, 1.807) is 0 Å². The molecule has 1 aliphatic heterocycles. The molecule has 2 unspecified atom stereocenters. The molecule has 0 spiro atoms. The highest BCUT2D eigenvalue weighted by atomic mass is 16.5. The molecule has 2 N–H and O–H groups in total. The Morgan fingerprint density at radius 2 is 1.87 bits per heavy atom. The van der Waals surface area contributed by atoms with Crippen molar-refractivity contribution in [3.63, 3.8) is 0 Å². The van der Waals surface area contributed by atoms with Gasteiger partial charge in [-0.05, 0) is 48.2 Å². The van der Waals surface area contributed by atoms with Crippen molar-refractivity contribution >= 4 is 0 Å². The number of nitrogens with zero attached hydrogens (tertiary/aromatic N) is 1. The first-order chi connectivity index (χ1) is 6.64. The van der Waals surface area contributed by atoms with Crippen LogP contribution >= 0.6 is 0 Å². The molecular formula is C12H26N2O. The molecule has 1 aliphatic rings. The van der Waals surface area contributed by atoms with Gasteiger partial charge in [-0.3, -0.25) is 0 Å². The number of nitrogens with two attached hydrogens (primary N) is 1. The smallest absolute Gasteiger partial charge is 0.0678 e. The molecule has 15 heavy (non-hydrogen) atoms. The van der Waals surface area contributed by atoms with Crippen molar-refractivity contribution in [2.24, 2.45) is 11.7 Å². The van der Waals surface area contributed by atoms with Crippen LogP contribution in [0.3, 0.4) is 0 Å². The van der Waals surface area contributed by atoms with Crippen molar-refractivity contribution in [2.45, 2.75) is 51.4 Å². The normalized spacial score (nSPS) is 30.8. The van der Waals surface area contributed by atoms with Crippen LogP contribution in [0.15, 0.2) is 0 Å². The number of ether oxygens (including phenoxy) is 1. The summed E-state index contributed by atoms with van der Waals surface area (Å²) in [5.74, 6) is 0.440. The van der Waals surface area contributed by atoms with Gasteiger partial charge >= 0.3 is 0 Å². The minimum absolute atomic E-state index is 0.0297. The van der Waals surface area contributed by atoms with Crippen LogP contribution in [-0.2, 0) is 4.74 Å². The summed E-state index contributed by atoms with van der Waals surface area (Å²) < 4.78 is 6.05. The molecule has 0 radical (unpaired) electrons. The molecule has 0 bridgehead atoms. The van der Waals surface area contributed by atoms with E-state index in [0.29, 0.717) is 5.92 Å². The average Bonchev–Trinajstić information content (AvgIpc) is 2.17. The maximum atomic E-state index is 6.25. The maximum absolute atomic E-state index is 6.25. The molecule has 90 valence electrons. The summed E-state index contributed by atoms with van der Waals surface area (Å²) in [6, 6.07) is 0.191. The average molecular weight is 214 g/mol. The Balaban J connectivity index is 2.69. The van der Waals surface area contributed by atoms with Crippen LogP contribution in [0.4, 0.5) is 0 Å². The Bertz CT molecular complexity index is 224. The highest BCUT2D eigenvalue weighted by Crippen LogP contribution is 2.43. The molecule has 0 saturated carbocycles. The highest BCUT2D eigenvalue weighted by molar-refractivity contribution is 4.99. The fraction of sp³-hybridized carbons (Fsp3) is 1.00. The van der Waals surface area contributed by atoms with Crippen LogP contribution in [-0.4, -0.2) is 42.8 Å². The van der Waals surface area contributed by atoms with E-state index in [0.717, 1.165) is 13.0 Å². The molecule has 1 fully saturated rings. The molecule has 2 atom stereocenters. The summed E-state index contributed by atoms with van der Waals surface area (Å²) in [6.07, 6.45) is 1.05. The Kier molecular flexibility index (Phi) is 3.49. The predicted molar refractivity (Wildman–Crippen MR) is 63.9 cm³/mol. The van der Waals surface area contributed by atoms with Crippen LogP contribution in [0.2, 0.25) is 0 Å². The van der Waals surface area contributed by atoms with E-state index in [9.17, 15) is 0 Å². The molecule has 0 aliphatic carbocycles. The lowest BCUT2D eigenvalue weighted by Crippen LogP contribution is -2.46. The minimum atomic E-state index is -0.0983. The van der Waals surface area contributed by atoms with Gasteiger partial charge in [-0.2, -0.15) is 0 Å². The highest BCUT2D eigenvalue weighted by Gasteiger charge is 2.48. The number of likely N-dealkylation sites (N-methyl/N-ethyl adjacent to an activating group) is 1. The molecule has 3 nitrogen and oxygen atoms in total. The first-order valence-corrected chi connectivity index (χ1v) is 5.74. The number of hydrogen-bond donors (Lipinski definition) is 1. The molecule has 1 saturated heterocycles. The van der Waals surface area contributed by atoms with Crippen molar-refractivity contribution < 1.29 is 4.74 Å². The van der Waals surface area contributed by atoms with Gasteiger partial charge in [0.25, 0.3) is 0 Å². The van der Waals surface area contributed by atoms with E-state index in [2.05, 4.69) is 46.7 Å². The second kappa shape index (κ2) is 4.04.